The molecule has 1 aliphatic rings. The summed E-state index contributed by atoms with van der Waals surface area (Å²) in [6.45, 7) is 0.441. The summed E-state index contributed by atoms with van der Waals surface area (Å²) < 4.78 is 37.3. The molecule has 22 heavy (non-hydrogen) atoms. The fourth-order valence-electron chi connectivity index (χ4n) is 2.60. The fourth-order valence-corrected chi connectivity index (χ4v) is 4.10. The molecule has 5 nitrogen and oxygen atoms in total. The van der Waals surface area contributed by atoms with Crippen molar-refractivity contribution in [1.82, 2.24) is 0 Å². The number of nitrogens with zero attached hydrogens (tertiary/aromatic N) is 1. The average molecular weight is 319 g/mol. The van der Waals surface area contributed by atoms with E-state index >= 15 is 0 Å². The lowest BCUT2D eigenvalue weighted by Crippen LogP contribution is -2.29. The molecule has 0 atom stereocenters. The lowest BCUT2D eigenvalue weighted by atomic mass is 10.1. The van der Waals surface area contributed by atoms with Crippen LogP contribution < -0.4 is 13.8 Å². The molecule has 1 heterocycles. The van der Waals surface area contributed by atoms with Crippen LogP contribution in [0.4, 0.5) is 5.69 Å². The van der Waals surface area contributed by atoms with Gasteiger partial charge in [-0.2, -0.15) is 0 Å². The summed E-state index contributed by atoms with van der Waals surface area (Å²) in [6.07, 6.45) is 0.682. The van der Waals surface area contributed by atoms with Crippen LogP contribution in [0.15, 0.2) is 47.4 Å². The largest absolute Gasteiger partial charge is 0.497 e. The van der Waals surface area contributed by atoms with E-state index in [4.69, 9.17) is 9.47 Å². The maximum absolute atomic E-state index is 12.8. The highest BCUT2D eigenvalue weighted by Gasteiger charge is 2.31. The highest BCUT2D eigenvalue weighted by Crippen LogP contribution is 2.35. The molecule has 0 bridgehead atoms. The topological polar surface area (TPSA) is 55.8 Å². The number of sulfonamides is 1. The van der Waals surface area contributed by atoms with Crippen LogP contribution in [0.2, 0.25) is 0 Å². The molecule has 2 aromatic rings. The number of anilines is 1. The van der Waals surface area contributed by atoms with Crippen LogP contribution in [-0.2, 0) is 16.4 Å². The van der Waals surface area contributed by atoms with Crippen molar-refractivity contribution in [2.45, 2.75) is 11.3 Å². The van der Waals surface area contributed by atoms with E-state index in [-0.39, 0.29) is 4.90 Å². The van der Waals surface area contributed by atoms with Gasteiger partial charge in [-0.15, -0.1) is 0 Å². The van der Waals surface area contributed by atoms with Gasteiger partial charge < -0.3 is 9.47 Å². The fraction of sp³-hybridized carbons (Fsp3) is 0.250. The summed E-state index contributed by atoms with van der Waals surface area (Å²) in [5.74, 6) is 1.37. The van der Waals surface area contributed by atoms with Crippen LogP contribution >= 0.6 is 0 Å². The van der Waals surface area contributed by atoms with E-state index in [1.165, 1.54) is 4.31 Å². The van der Waals surface area contributed by atoms with Crippen molar-refractivity contribution in [3.8, 4) is 11.5 Å². The van der Waals surface area contributed by atoms with Gasteiger partial charge in [-0.05, 0) is 54.4 Å². The van der Waals surface area contributed by atoms with Gasteiger partial charge in [0.25, 0.3) is 10.0 Å². The van der Waals surface area contributed by atoms with E-state index in [0.29, 0.717) is 18.7 Å². The standard InChI is InChI=1S/C16H17NO4S/c1-20-13-3-6-15(7-4-13)22(18,19)17-10-9-12-11-14(21-2)5-8-16(12)17/h3-8,11H,9-10H2,1-2H3. The summed E-state index contributed by atoms with van der Waals surface area (Å²) in [5, 5.41) is 0. The maximum atomic E-state index is 12.8. The zero-order valence-corrected chi connectivity index (χ0v) is 13.3. The molecule has 116 valence electrons. The number of ether oxygens (including phenoxy) is 2. The van der Waals surface area contributed by atoms with Crippen LogP contribution in [0.1, 0.15) is 5.56 Å². The number of hydrogen-bond donors (Lipinski definition) is 0. The third-order valence-electron chi connectivity index (χ3n) is 3.79. The number of methoxy groups -OCH3 is 2. The number of rotatable bonds is 4. The molecule has 0 aromatic heterocycles. The smallest absolute Gasteiger partial charge is 0.264 e. The Morgan fingerprint density at radius 2 is 1.59 bits per heavy atom. The van der Waals surface area contributed by atoms with Crippen molar-refractivity contribution in [1.29, 1.82) is 0 Å². The molecule has 6 heteroatoms. The van der Waals surface area contributed by atoms with Crippen molar-refractivity contribution in [2.24, 2.45) is 0 Å². The zero-order valence-electron chi connectivity index (χ0n) is 12.4. The molecule has 1 aliphatic heterocycles. The molecular weight excluding hydrogens is 302 g/mol. The molecule has 0 unspecified atom stereocenters. The van der Waals surface area contributed by atoms with Gasteiger partial charge in [0.1, 0.15) is 11.5 Å². The van der Waals surface area contributed by atoms with E-state index in [2.05, 4.69) is 0 Å². The molecule has 3 rings (SSSR count). The summed E-state index contributed by atoms with van der Waals surface area (Å²) in [5.41, 5.74) is 1.70. The van der Waals surface area contributed by atoms with Crippen molar-refractivity contribution in [3.63, 3.8) is 0 Å². The monoisotopic (exact) mass is 319 g/mol. The van der Waals surface area contributed by atoms with E-state index in [9.17, 15) is 8.42 Å². The second-order valence-corrected chi connectivity index (χ2v) is 6.86. The maximum Gasteiger partial charge on any atom is 0.264 e. The molecule has 0 saturated heterocycles. The van der Waals surface area contributed by atoms with Crippen molar-refractivity contribution in [3.05, 3.63) is 48.0 Å². The van der Waals surface area contributed by atoms with Gasteiger partial charge in [0.2, 0.25) is 0 Å². The number of benzene rings is 2. The minimum Gasteiger partial charge on any atom is -0.497 e. The lowest BCUT2D eigenvalue weighted by Gasteiger charge is -2.19. The predicted molar refractivity (Wildman–Crippen MR) is 84.2 cm³/mol. The van der Waals surface area contributed by atoms with E-state index in [1.807, 2.05) is 6.07 Å². The summed E-state index contributed by atoms with van der Waals surface area (Å²) in [4.78, 5) is 0.261. The number of fused-ring (bicyclic) bond motifs is 1. The Morgan fingerprint density at radius 3 is 2.23 bits per heavy atom. The Hall–Kier alpha value is -2.21. The first kappa shape index (κ1) is 14.7. The van der Waals surface area contributed by atoms with Gasteiger partial charge in [-0.25, -0.2) is 8.42 Å². The Morgan fingerprint density at radius 1 is 0.955 bits per heavy atom. The summed E-state index contributed by atoms with van der Waals surface area (Å²) in [7, 11) is -0.411. The zero-order chi connectivity index (χ0) is 15.7. The molecular formula is C16H17NO4S. The first-order valence-corrected chi connectivity index (χ1v) is 8.34. The highest BCUT2D eigenvalue weighted by molar-refractivity contribution is 7.92. The van der Waals surface area contributed by atoms with Gasteiger partial charge in [-0.1, -0.05) is 0 Å². The average Bonchev–Trinajstić information content (AvgIpc) is 2.98. The molecule has 0 spiro atoms. The second-order valence-electron chi connectivity index (χ2n) is 5.00. The van der Waals surface area contributed by atoms with Crippen molar-refractivity contribution >= 4 is 15.7 Å². The number of hydrogen-bond acceptors (Lipinski definition) is 4. The quantitative estimate of drug-likeness (QED) is 0.868. The third kappa shape index (κ3) is 2.39. The van der Waals surface area contributed by atoms with Crippen molar-refractivity contribution in [2.75, 3.05) is 25.1 Å². The predicted octanol–water partition coefficient (Wildman–Crippen LogP) is 2.46. The Kier molecular flexibility index (Phi) is 3.70. The first-order valence-electron chi connectivity index (χ1n) is 6.90. The van der Waals surface area contributed by atoms with Crippen LogP contribution in [0, 0.1) is 0 Å². The van der Waals surface area contributed by atoms with Crippen molar-refractivity contribution < 1.29 is 17.9 Å². The van der Waals surface area contributed by atoms with Gasteiger partial charge in [0.15, 0.2) is 0 Å². The summed E-state index contributed by atoms with van der Waals surface area (Å²) >= 11 is 0. The van der Waals surface area contributed by atoms with Gasteiger partial charge in [-0.3, -0.25) is 4.31 Å². The summed E-state index contributed by atoms with van der Waals surface area (Å²) in [6, 6.07) is 11.9. The molecule has 0 amide bonds. The van der Waals surface area contributed by atoms with E-state index in [1.54, 1.807) is 50.6 Å². The first-order chi connectivity index (χ1) is 10.6. The Labute approximate surface area is 130 Å². The Balaban J connectivity index is 1.98. The van der Waals surface area contributed by atoms with Gasteiger partial charge >= 0.3 is 0 Å². The van der Waals surface area contributed by atoms with Gasteiger partial charge in [0, 0.05) is 6.54 Å². The van der Waals surface area contributed by atoms with Crippen LogP contribution in [-0.4, -0.2) is 29.2 Å². The molecule has 0 aliphatic carbocycles. The van der Waals surface area contributed by atoms with E-state index in [0.717, 1.165) is 17.0 Å². The molecule has 2 aromatic carbocycles. The van der Waals surface area contributed by atoms with Crippen LogP contribution in [0.3, 0.4) is 0 Å². The molecule has 0 saturated carbocycles. The lowest BCUT2D eigenvalue weighted by molar-refractivity contribution is 0.414. The third-order valence-corrected chi connectivity index (χ3v) is 5.61. The minimum atomic E-state index is -3.56. The Bertz CT molecular complexity index is 784. The van der Waals surface area contributed by atoms with E-state index < -0.39 is 10.0 Å². The molecule has 0 fully saturated rings. The highest BCUT2D eigenvalue weighted by atomic mass is 32.2. The molecule has 0 N–H and O–H groups in total. The second kappa shape index (κ2) is 5.53. The minimum absolute atomic E-state index is 0.261. The normalized spacial score (nSPS) is 13.8. The molecule has 0 radical (unpaired) electrons. The SMILES string of the molecule is COc1ccc(S(=O)(=O)N2CCc3cc(OC)ccc32)cc1. The van der Waals surface area contributed by atoms with Gasteiger partial charge in [0.05, 0.1) is 24.8 Å². The van der Waals surface area contributed by atoms with Crippen LogP contribution in [0.25, 0.3) is 0 Å². The van der Waals surface area contributed by atoms with Crippen LogP contribution in [0.5, 0.6) is 11.5 Å².